The summed E-state index contributed by atoms with van der Waals surface area (Å²) in [5.41, 5.74) is 1.45. The number of halogens is 1. The average Bonchev–Trinajstić information content (AvgIpc) is 3.49. The molecule has 1 fully saturated rings. The van der Waals surface area contributed by atoms with Gasteiger partial charge in [-0.3, -0.25) is 9.59 Å². The largest absolute Gasteiger partial charge is 0.436 e. The molecule has 0 spiro atoms. The molecule has 2 aliphatic rings. The van der Waals surface area contributed by atoms with E-state index in [1.54, 1.807) is 32.3 Å². The van der Waals surface area contributed by atoms with Gasteiger partial charge in [0.2, 0.25) is 5.91 Å². The Morgan fingerprint density at radius 2 is 2.05 bits per heavy atom. The molecule has 2 unspecified atom stereocenters. The van der Waals surface area contributed by atoms with Gasteiger partial charge in [-0.15, -0.1) is 0 Å². The first-order chi connectivity index (χ1) is 18.5. The smallest absolute Gasteiger partial charge is 0.310 e. The molecule has 2 atom stereocenters. The van der Waals surface area contributed by atoms with E-state index < -0.39 is 28.6 Å². The standard InChI is InChI=1S/C25H31ClN6O6S/c1-14-8-20-21(11-27-14)38-23(28-20)25(35)32-7-6-31(12-16(32)10-22(34)30(2)3)39(36,37)24-18(13-33)17-9-15(26)4-5-19(17)29-24/h4-5,9,14,16,27,29,33H,6-8,10-13H2,1-3H3. The van der Waals surface area contributed by atoms with E-state index in [0.29, 0.717) is 34.7 Å². The molecular weight excluding hydrogens is 548 g/mol. The third-order valence-corrected chi connectivity index (χ3v) is 9.38. The van der Waals surface area contributed by atoms with E-state index in [4.69, 9.17) is 16.0 Å². The summed E-state index contributed by atoms with van der Waals surface area (Å²) in [5.74, 6) is -0.196. The van der Waals surface area contributed by atoms with Gasteiger partial charge in [-0.2, -0.15) is 4.31 Å². The van der Waals surface area contributed by atoms with Crippen molar-refractivity contribution in [2.45, 2.75) is 50.0 Å². The van der Waals surface area contributed by atoms with Gasteiger partial charge in [0.25, 0.3) is 15.9 Å². The number of aliphatic hydroxyl groups is 1. The molecule has 2 aliphatic heterocycles. The number of piperazine rings is 1. The van der Waals surface area contributed by atoms with E-state index in [2.05, 4.69) is 15.3 Å². The molecule has 1 aromatic carbocycles. The summed E-state index contributed by atoms with van der Waals surface area (Å²) in [6, 6.07) is 4.32. The number of benzene rings is 1. The monoisotopic (exact) mass is 578 g/mol. The molecule has 4 heterocycles. The minimum Gasteiger partial charge on any atom is -0.436 e. The van der Waals surface area contributed by atoms with Crippen LogP contribution >= 0.6 is 11.6 Å². The summed E-state index contributed by atoms with van der Waals surface area (Å²) in [6.07, 6.45) is 0.544. The summed E-state index contributed by atoms with van der Waals surface area (Å²) in [4.78, 5) is 36.5. The van der Waals surface area contributed by atoms with Crippen LogP contribution in [0.15, 0.2) is 27.6 Å². The van der Waals surface area contributed by atoms with Crippen molar-refractivity contribution >= 4 is 44.3 Å². The van der Waals surface area contributed by atoms with Gasteiger partial charge in [0.1, 0.15) is 5.76 Å². The van der Waals surface area contributed by atoms with Crippen LogP contribution in [0.3, 0.4) is 0 Å². The average molecular weight is 579 g/mol. The molecule has 14 heteroatoms. The number of aromatic nitrogens is 2. The molecule has 3 N–H and O–H groups in total. The molecule has 1 saturated heterocycles. The van der Waals surface area contributed by atoms with Crippen molar-refractivity contribution in [2.24, 2.45) is 0 Å². The van der Waals surface area contributed by atoms with Gasteiger partial charge in [-0.25, -0.2) is 13.4 Å². The maximum Gasteiger partial charge on any atom is 0.310 e. The maximum atomic E-state index is 13.8. The van der Waals surface area contributed by atoms with E-state index in [-0.39, 0.29) is 54.5 Å². The summed E-state index contributed by atoms with van der Waals surface area (Å²) in [5, 5.41) is 14.1. The highest BCUT2D eigenvalue weighted by atomic mass is 35.5. The second kappa shape index (κ2) is 10.5. The Labute approximate surface area is 231 Å². The number of aromatic amines is 1. The molecule has 2 amide bonds. The van der Waals surface area contributed by atoms with Crippen LogP contribution in [0.2, 0.25) is 5.02 Å². The number of nitrogens with one attached hydrogen (secondary N) is 2. The van der Waals surface area contributed by atoms with Gasteiger partial charge >= 0.3 is 5.91 Å². The predicted molar refractivity (Wildman–Crippen MR) is 143 cm³/mol. The zero-order valence-corrected chi connectivity index (χ0v) is 23.5. The third kappa shape index (κ3) is 5.16. The highest BCUT2D eigenvalue weighted by Gasteiger charge is 2.41. The molecule has 3 aromatic rings. The number of carbonyl (C=O) groups excluding carboxylic acids is 2. The van der Waals surface area contributed by atoms with Crippen LogP contribution in [0.4, 0.5) is 0 Å². The van der Waals surface area contributed by atoms with Gasteiger partial charge in [-0.05, 0) is 25.1 Å². The van der Waals surface area contributed by atoms with Gasteiger partial charge in [0, 0.05) is 74.1 Å². The quantitative estimate of drug-likeness (QED) is 0.396. The van der Waals surface area contributed by atoms with Gasteiger partial charge in [0.05, 0.1) is 24.9 Å². The predicted octanol–water partition coefficient (Wildman–Crippen LogP) is 1.33. The SMILES string of the molecule is CC1Cc2nc(C(=O)N3CCN(S(=O)(=O)c4[nH]c5ccc(Cl)cc5c4CO)CC3CC(=O)N(C)C)oc2CN1. The molecule has 210 valence electrons. The van der Waals surface area contributed by atoms with Crippen LogP contribution in [-0.2, 0) is 34.4 Å². The van der Waals surface area contributed by atoms with Crippen molar-refractivity contribution in [3.05, 3.63) is 46.1 Å². The minimum atomic E-state index is -4.13. The fraction of sp³-hybridized carbons (Fsp3) is 0.480. The van der Waals surface area contributed by atoms with E-state index in [1.165, 1.54) is 14.1 Å². The lowest BCUT2D eigenvalue weighted by atomic mass is 10.1. The fourth-order valence-electron chi connectivity index (χ4n) is 5.10. The summed E-state index contributed by atoms with van der Waals surface area (Å²) < 4.78 is 34.6. The Bertz CT molecular complexity index is 1530. The number of rotatable bonds is 6. The molecule has 0 saturated carbocycles. The summed E-state index contributed by atoms with van der Waals surface area (Å²) >= 11 is 6.10. The Hall–Kier alpha value is -2.97. The Balaban J connectivity index is 1.45. The number of hydrogen-bond acceptors (Lipinski definition) is 8. The molecule has 2 aromatic heterocycles. The van der Waals surface area contributed by atoms with Crippen molar-refractivity contribution in [2.75, 3.05) is 33.7 Å². The number of aliphatic hydroxyl groups excluding tert-OH is 1. The molecule has 0 bridgehead atoms. The Kier molecular flexibility index (Phi) is 7.46. The van der Waals surface area contributed by atoms with Crippen molar-refractivity contribution in [1.82, 2.24) is 29.4 Å². The number of H-pyrrole nitrogens is 1. The number of sulfonamides is 1. The van der Waals surface area contributed by atoms with Crippen LogP contribution in [-0.4, -0.2) is 95.2 Å². The van der Waals surface area contributed by atoms with Crippen molar-refractivity contribution in [1.29, 1.82) is 0 Å². The van der Waals surface area contributed by atoms with Gasteiger partial charge in [0.15, 0.2) is 5.03 Å². The lowest BCUT2D eigenvalue weighted by Crippen LogP contribution is -2.57. The lowest BCUT2D eigenvalue weighted by Gasteiger charge is -2.40. The zero-order valence-electron chi connectivity index (χ0n) is 21.9. The normalized spacial score (nSPS) is 20.3. The zero-order chi connectivity index (χ0) is 28.1. The van der Waals surface area contributed by atoms with Gasteiger partial charge < -0.3 is 29.6 Å². The number of amides is 2. The second-order valence-electron chi connectivity index (χ2n) is 10.2. The van der Waals surface area contributed by atoms with Crippen LogP contribution in [0.25, 0.3) is 10.9 Å². The van der Waals surface area contributed by atoms with E-state index in [0.717, 1.165) is 5.69 Å². The first kappa shape index (κ1) is 27.6. The highest BCUT2D eigenvalue weighted by Crippen LogP contribution is 2.32. The molecule has 5 rings (SSSR count). The number of carbonyl (C=O) groups is 2. The lowest BCUT2D eigenvalue weighted by molar-refractivity contribution is -0.130. The van der Waals surface area contributed by atoms with Crippen LogP contribution in [0, 0.1) is 0 Å². The van der Waals surface area contributed by atoms with Crippen LogP contribution < -0.4 is 5.32 Å². The second-order valence-corrected chi connectivity index (χ2v) is 12.5. The maximum absolute atomic E-state index is 13.8. The van der Waals surface area contributed by atoms with E-state index in [9.17, 15) is 23.1 Å². The van der Waals surface area contributed by atoms with Crippen molar-refractivity contribution in [3.63, 3.8) is 0 Å². The molecule has 0 radical (unpaired) electrons. The van der Waals surface area contributed by atoms with Crippen molar-refractivity contribution in [3.8, 4) is 0 Å². The van der Waals surface area contributed by atoms with Gasteiger partial charge in [-0.1, -0.05) is 11.6 Å². The Morgan fingerprint density at radius 1 is 1.28 bits per heavy atom. The molecular formula is C25H31ClN6O6S. The molecule has 0 aliphatic carbocycles. The van der Waals surface area contributed by atoms with E-state index >= 15 is 0 Å². The number of fused-ring (bicyclic) bond motifs is 2. The van der Waals surface area contributed by atoms with E-state index in [1.807, 2.05) is 6.92 Å². The summed E-state index contributed by atoms with van der Waals surface area (Å²) in [6.45, 7) is 1.87. The highest BCUT2D eigenvalue weighted by molar-refractivity contribution is 7.89. The topological polar surface area (TPSA) is 152 Å². The van der Waals surface area contributed by atoms with Crippen LogP contribution in [0.1, 0.15) is 41.0 Å². The number of nitrogens with zero attached hydrogens (tertiary/aromatic N) is 4. The minimum absolute atomic E-state index is 0.0132. The Morgan fingerprint density at radius 3 is 2.77 bits per heavy atom. The fourth-order valence-corrected chi connectivity index (χ4v) is 6.94. The first-order valence-corrected chi connectivity index (χ1v) is 14.5. The van der Waals surface area contributed by atoms with Crippen LogP contribution in [0.5, 0.6) is 0 Å². The summed E-state index contributed by atoms with van der Waals surface area (Å²) in [7, 11) is -0.921. The number of oxazole rings is 1. The first-order valence-electron chi connectivity index (χ1n) is 12.6. The third-order valence-electron chi connectivity index (χ3n) is 7.27. The number of hydrogen-bond donors (Lipinski definition) is 3. The molecule has 39 heavy (non-hydrogen) atoms. The molecule has 12 nitrogen and oxygen atoms in total. The van der Waals surface area contributed by atoms with Crippen molar-refractivity contribution < 1.29 is 27.5 Å².